The summed E-state index contributed by atoms with van der Waals surface area (Å²) < 4.78 is 0.876. The molecule has 0 unspecified atom stereocenters. The van der Waals surface area contributed by atoms with Crippen LogP contribution in [-0.4, -0.2) is 5.91 Å². The van der Waals surface area contributed by atoms with Crippen LogP contribution in [0, 0.1) is 0 Å². The van der Waals surface area contributed by atoms with E-state index >= 15 is 0 Å². The van der Waals surface area contributed by atoms with Crippen LogP contribution in [0.25, 0.3) is 0 Å². The maximum Gasteiger partial charge on any atom is 0.260 e. The summed E-state index contributed by atoms with van der Waals surface area (Å²) >= 11 is 3.47. The van der Waals surface area contributed by atoms with Crippen LogP contribution in [0.15, 0.2) is 46.9 Å². The summed E-state index contributed by atoms with van der Waals surface area (Å²) in [5.41, 5.74) is 4.12. The number of rotatable bonds is 2. The van der Waals surface area contributed by atoms with E-state index in [0.717, 1.165) is 21.3 Å². The van der Waals surface area contributed by atoms with Gasteiger partial charge in [0.25, 0.3) is 5.91 Å². The summed E-state index contributed by atoms with van der Waals surface area (Å²) in [6.07, 6.45) is 0. The Kier molecular flexibility index (Phi) is 3.38. The van der Waals surface area contributed by atoms with Gasteiger partial charge < -0.3 is 4.90 Å². The fourth-order valence-electron chi connectivity index (χ4n) is 2.56. The number of carbonyl (C=O) groups is 1. The Bertz CT molecular complexity index is 661. The Morgan fingerprint density at radius 2 is 1.80 bits per heavy atom. The van der Waals surface area contributed by atoms with Gasteiger partial charge in [0.15, 0.2) is 0 Å². The van der Waals surface area contributed by atoms with Crippen LogP contribution in [0.4, 0.5) is 5.69 Å². The second kappa shape index (κ2) is 5.06. The Morgan fingerprint density at radius 3 is 2.40 bits per heavy atom. The molecule has 2 aromatic rings. The molecule has 0 aliphatic carbocycles. The van der Waals surface area contributed by atoms with Crippen molar-refractivity contribution in [1.29, 1.82) is 0 Å². The Morgan fingerprint density at radius 1 is 1.10 bits per heavy atom. The van der Waals surface area contributed by atoms with E-state index in [1.54, 1.807) is 0 Å². The van der Waals surface area contributed by atoms with Crippen LogP contribution in [0.5, 0.6) is 0 Å². The van der Waals surface area contributed by atoms with E-state index in [-0.39, 0.29) is 5.91 Å². The third-order valence-electron chi connectivity index (χ3n) is 3.76. The molecular formula is C17H16BrNO. The lowest BCUT2D eigenvalue weighted by molar-refractivity contribution is 0.0996. The highest BCUT2D eigenvalue weighted by Crippen LogP contribution is 2.33. The fourth-order valence-corrected chi connectivity index (χ4v) is 3.14. The minimum absolute atomic E-state index is 0.0739. The van der Waals surface area contributed by atoms with E-state index in [0.29, 0.717) is 12.5 Å². The molecule has 0 N–H and O–H groups in total. The Balaban J connectivity index is 1.94. The van der Waals surface area contributed by atoms with Crippen LogP contribution in [0.3, 0.4) is 0 Å². The molecule has 3 heteroatoms. The first-order valence-corrected chi connectivity index (χ1v) is 7.56. The van der Waals surface area contributed by atoms with E-state index in [9.17, 15) is 4.79 Å². The van der Waals surface area contributed by atoms with Gasteiger partial charge in [-0.05, 0) is 51.2 Å². The number of fused-ring (bicyclic) bond motifs is 1. The van der Waals surface area contributed by atoms with Gasteiger partial charge in [-0.1, -0.05) is 38.1 Å². The largest absolute Gasteiger partial charge is 0.304 e. The molecule has 0 radical (unpaired) electrons. The zero-order valence-electron chi connectivity index (χ0n) is 11.6. The van der Waals surface area contributed by atoms with Crippen molar-refractivity contribution in [2.45, 2.75) is 26.3 Å². The van der Waals surface area contributed by atoms with Crippen molar-refractivity contribution in [3.8, 4) is 0 Å². The molecule has 0 saturated heterocycles. The molecule has 0 atom stereocenters. The number of nitrogens with zero attached hydrogens (tertiary/aromatic N) is 1. The normalized spacial score (nSPS) is 14.0. The molecule has 0 saturated carbocycles. The topological polar surface area (TPSA) is 20.3 Å². The molecule has 2 nitrogen and oxygen atoms in total. The summed E-state index contributed by atoms with van der Waals surface area (Å²) in [7, 11) is 0. The van der Waals surface area contributed by atoms with E-state index < -0.39 is 0 Å². The molecule has 1 aliphatic heterocycles. The molecule has 0 aromatic heterocycles. The number of carbonyl (C=O) groups excluding carboxylic acids is 1. The molecule has 1 heterocycles. The maximum atomic E-state index is 12.5. The molecular weight excluding hydrogens is 314 g/mol. The summed E-state index contributed by atoms with van der Waals surface area (Å²) in [6.45, 7) is 4.99. The van der Waals surface area contributed by atoms with Crippen molar-refractivity contribution in [2.24, 2.45) is 0 Å². The highest BCUT2D eigenvalue weighted by Gasteiger charge is 2.30. The van der Waals surface area contributed by atoms with E-state index in [1.165, 1.54) is 5.56 Å². The summed E-state index contributed by atoms with van der Waals surface area (Å²) in [5.74, 6) is 0.578. The SMILES string of the molecule is CC(C)c1ccc(N2Cc3cccc(Br)c3C2=O)cc1. The van der Waals surface area contributed by atoms with E-state index in [4.69, 9.17) is 0 Å². The monoisotopic (exact) mass is 329 g/mol. The highest BCUT2D eigenvalue weighted by molar-refractivity contribution is 9.10. The molecule has 1 aliphatic rings. The van der Waals surface area contributed by atoms with Gasteiger partial charge in [0.05, 0.1) is 12.1 Å². The number of hydrogen-bond acceptors (Lipinski definition) is 1. The number of halogens is 1. The number of amides is 1. The summed E-state index contributed by atoms with van der Waals surface area (Å²) in [5, 5.41) is 0. The third-order valence-corrected chi connectivity index (χ3v) is 4.42. The zero-order chi connectivity index (χ0) is 14.3. The molecule has 0 bridgehead atoms. The van der Waals surface area contributed by atoms with Gasteiger partial charge in [0.1, 0.15) is 0 Å². The minimum atomic E-state index is 0.0739. The van der Waals surface area contributed by atoms with Crippen molar-refractivity contribution >= 4 is 27.5 Å². The van der Waals surface area contributed by atoms with E-state index in [2.05, 4.69) is 41.9 Å². The second-order valence-corrected chi connectivity index (χ2v) is 6.27. The van der Waals surface area contributed by atoms with Crippen molar-refractivity contribution in [1.82, 2.24) is 0 Å². The lowest BCUT2D eigenvalue weighted by Gasteiger charge is -2.17. The molecule has 3 rings (SSSR count). The van der Waals surface area contributed by atoms with Crippen LogP contribution in [0.1, 0.15) is 41.3 Å². The average Bonchev–Trinajstić information content (AvgIpc) is 2.77. The number of anilines is 1. The Labute approximate surface area is 127 Å². The van der Waals surface area contributed by atoms with Gasteiger partial charge in [-0.3, -0.25) is 4.79 Å². The van der Waals surface area contributed by atoms with Gasteiger partial charge in [-0.15, -0.1) is 0 Å². The lowest BCUT2D eigenvalue weighted by Crippen LogP contribution is -2.23. The van der Waals surface area contributed by atoms with Crippen molar-refractivity contribution in [2.75, 3.05) is 4.90 Å². The first-order chi connectivity index (χ1) is 9.58. The van der Waals surface area contributed by atoms with E-state index in [1.807, 2.05) is 35.2 Å². The molecule has 0 spiro atoms. The second-order valence-electron chi connectivity index (χ2n) is 5.41. The molecule has 102 valence electrons. The van der Waals surface area contributed by atoms with Crippen LogP contribution in [0.2, 0.25) is 0 Å². The number of benzene rings is 2. The lowest BCUT2D eigenvalue weighted by atomic mass is 10.0. The van der Waals surface area contributed by atoms with Crippen LogP contribution >= 0.6 is 15.9 Å². The van der Waals surface area contributed by atoms with Gasteiger partial charge in [0.2, 0.25) is 0 Å². The maximum absolute atomic E-state index is 12.5. The van der Waals surface area contributed by atoms with Gasteiger partial charge in [-0.25, -0.2) is 0 Å². The first kappa shape index (κ1) is 13.4. The predicted molar refractivity (Wildman–Crippen MR) is 85.2 cm³/mol. The van der Waals surface area contributed by atoms with Crippen LogP contribution < -0.4 is 4.90 Å². The smallest absolute Gasteiger partial charge is 0.260 e. The fraction of sp³-hybridized carbons (Fsp3) is 0.235. The van der Waals surface area contributed by atoms with Crippen LogP contribution in [-0.2, 0) is 6.54 Å². The predicted octanol–water partition coefficient (Wildman–Crippen LogP) is 4.73. The number of hydrogen-bond donors (Lipinski definition) is 0. The molecule has 20 heavy (non-hydrogen) atoms. The van der Waals surface area contributed by atoms with Crippen molar-refractivity contribution < 1.29 is 4.79 Å². The Hall–Kier alpha value is -1.61. The molecule has 2 aromatic carbocycles. The minimum Gasteiger partial charge on any atom is -0.304 e. The summed E-state index contributed by atoms with van der Waals surface area (Å²) in [4.78, 5) is 14.4. The molecule has 1 amide bonds. The summed E-state index contributed by atoms with van der Waals surface area (Å²) in [6, 6.07) is 14.2. The van der Waals surface area contributed by atoms with Gasteiger partial charge in [0, 0.05) is 10.2 Å². The zero-order valence-corrected chi connectivity index (χ0v) is 13.1. The van der Waals surface area contributed by atoms with Gasteiger partial charge >= 0.3 is 0 Å². The third kappa shape index (κ3) is 2.16. The van der Waals surface area contributed by atoms with Crippen molar-refractivity contribution in [3.05, 3.63) is 63.6 Å². The standard InChI is InChI=1S/C17H16BrNO/c1-11(2)12-6-8-14(9-7-12)19-10-13-4-3-5-15(18)16(13)17(19)20/h3-9,11H,10H2,1-2H3. The first-order valence-electron chi connectivity index (χ1n) is 6.77. The highest BCUT2D eigenvalue weighted by atomic mass is 79.9. The van der Waals surface area contributed by atoms with Crippen molar-refractivity contribution in [3.63, 3.8) is 0 Å². The average molecular weight is 330 g/mol. The van der Waals surface area contributed by atoms with Gasteiger partial charge in [-0.2, -0.15) is 0 Å². The quantitative estimate of drug-likeness (QED) is 0.779. The molecule has 0 fully saturated rings.